The fraction of sp³-hybridized carbons (Fsp3) is 0.263. The van der Waals surface area contributed by atoms with Gasteiger partial charge >= 0.3 is 6.03 Å². The van der Waals surface area contributed by atoms with Gasteiger partial charge in [-0.1, -0.05) is 18.2 Å². The Balaban J connectivity index is 1.49. The number of carbonyl (C=O) groups is 2. The van der Waals surface area contributed by atoms with Gasteiger partial charge in [0.15, 0.2) is 0 Å². The molecule has 6 nitrogen and oxygen atoms in total. The molecule has 3 amide bonds. The summed E-state index contributed by atoms with van der Waals surface area (Å²) in [6, 6.07) is 16.1. The second kappa shape index (κ2) is 8.30. The smallest absolute Gasteiger partial charge is 0.323 e. The Kier molecular flexibility index (Phi) is 5.64. The standard InChI is InChI=1S/C19H22N4O2/c24-18(21-13-17-7-4-12-20-17)14-8-10-16(11-9-14)23-19(25)22-15-5-2-1-3-6-15/h1-3,5-6,8-11,17,20H,4,7,12-13H2,(H,21,24)(H2,22,23,25). The highest BCUT2D eigenvalue weighted by atomic mass is 16.2. The number of rotatable bonds is 5. The molecule has 0 spiro atoms. The van der Waals surface area contributed by atoms with E-state index in [0.717, 1.165) is 25.1 Å². The van der Waals surface area contributed by atoms with Crippen molar-refractivity contribution < 1.29 is 9.59 Å². The predicted molar refractivity (Wildman–Crippen MR) is 98.9 cm³/mol. The largest absolute Gasteiger partial charge is 0.350 e. The van der Waals surface area contributed by atoms with Crippen molar-refractivity contribution >= 4 is 23.3 Å². The van der Waals surface area contributed by atoms with Crippen molar-refractivity contribution in [1.82, 2.24) is 10.6 Å². The summed E-state index contributed by atoms with van der Waals surface area (Å²) in [5.41, 5.74) is 1.92. The summed E-state index contributed by atoms with van der Waals surface area (Å²) in [6.45, 7) is 1.66. The van der Waals surface area contributed by atoms with Crippen LogP contribution in [-0.4, -0.2) is 31.1 Å². The molecule has 2 aromatic carbocycles. The van der Waals surface area contributed by atoms with Gasteiger partial charge in [-0.2, -0.15) is 0 Å². The lowest BCUT2D eigenvalue weighted by atomic mass is 10.2. The third kappa shape index (κ3) is 5.06. The maximum atomic E-state index is 12.1. The van der Waals surface area contributed by atoms with Crippen molar-refractivity contribution in [3.05, 3.63) is 60.2 Å². The van der Waals surface area contributed by atoms with Crippen molar-refractivity contribution in [3.63, 3.8) is 0 Å². The number of urea groups is 1. The first-order valence-corrected chi connectivity index (χ1v) is 8.45. The van der Waals surface area contributed by atoms with Crippen LogP contribution in [0.3, 0.4) is 0 Å². The molecule has 2 aromatic rings. The number of anilines is 2. The quantitative estimate of drug-likeness (QED) is 0.676. The van der Waals surface area contributed by atoms with Crippen LogP contribution in [0.4, 0.5) is 16.2 Å². The Labute approximate surface area is 147 Å². The summed E-state index contributed by atoms with van der Waals surface area (Å²) in [5.74, 6) is -0.103. The topological polar surface area (TPSA) is 82.3 Å². The number of para-hydroxylation sites is 1. The molecule has 4 N–H and O–H groups in total. The summed E-state index contributed by atoms with van der Waals surface area (Å²) in [5, 5.41) is 11.8. The van der Waals surface area contributed by atoms with Gasteiger partial charge in [-0.15, -0.1) is 0 Å². The van der Waals surface area contributed by atoms with E-state index in [-0.39, 0.29) is 11.9 Å². The molecule has 0 radical (unpaired) electrons. The molecule has 130 valence electrons. The van der Waals surface area contributed by atoms with E-state index in [0.29, 0.717) is 23.8 Å². The van der Waals surface area contributed by atoms with E-state index in [9.17, 15) is 9.59 Å². The lowest BCUT2D eigenvalue weighted by Crippen LogP contribution is -2.37. The number of benzene rings is 2. The van der Waals surface area contributed by atoms with Crippen molar-refractivity contribution in [2.75, 3.05) is 23.7 Å². The highest BCUT2D eigenvalue weighted by Crippen LogP contribution is 2.11. The number of hydrogen-bond acceptors (Lipinski definition) is 3. The van der Waals surface area contributed by atoms with Crippen LogP contribution < -0.4 is 21.3 Å². The number of carbonyl (C=O) groups excluding carboxylic acids is 2. The summed E-state index contributed by atoms with van der Waals surface area (Å²) < 4.78 is 0. The van der Waals surface area contributed by atoms with Gasteiger partial charge in [-0.3, -0.25) is 4.79 Å². The van der Waals surface area contributed by atoms with Crippen LogP contribution in [0.5, 0.6) is 0 Å². The van der Waals surface area contributed by atoms with Crippen molar-refractivity contribution in [3.8, 4) is 0 Å². The molecule has 1 aliphatic rings. The Hall–Kier alpha value is -2.86. The van der Waals surface area contributed by atoms with E-state index in [1.165, 1.54) is 0 Å². The second-order valence-electron chi connectivity index (χ2n) is 6.03. The fourth-order valence-electron chi connectivity index (χ4n) is 2.77. The molecule has 0 aromatic heterocycles. The van der Waals surface area contributed by atoms with Gasteiger partial charge in [0.1, 0.15) is 0 Å². The molecule has 1 heterocycles. The minimum Gasteiger partial charge on any atom is -0.350 e. The Morgan fingerprint density at radius 1 is 0.960 bits per heavy atom. The second-order valence-corrected chi connectivity index (χ2v) is 6.03. The summed E-state index contributed by atoms with van der Waals surface area (Å²) in [4.78, 5) is 24.1. The van der Waals surface area contributed by atoms with E-state index in [2.05, 4.69) is 21.3 Å². The highest BCUT2D eigenvalue weighted by Gasteiger charge is 2.15. The summed E-state index contributed by atoms with van der Waals surface area (Å²) >= 11 is 0. The number of amides is 3. The number of nitrogens with one attached hydrogen (secondary N) is 4. The minimum absolute atomic E-state index is 0.103. The van der Waals surface area contributed by atoms with Crippen LogP contribution >= 0.6 is 0 Å². The lowest BCUT2D eigenvalue weighted by Gasteiger charge is -2.12. The zero-order chi connectivity index (χ0) is 17.5. The van der Waals surface area contributed by atoms with Gasteiger partial charge in [-0.25, -0.2) is 4.79 Å². The van der Waals surface area contributed by atoms with E-state index >= 15 is 0 Å². The minimum atomic E-state index is -0.323. The van der Waals surface area contributed by atoms with Gasteiger partial charge in [0.2, 0.25) is 0 Å². The van der Waals surface area contributed by atoms with Gasteiger partial charge in [0.25, 0.3) is 5.91 Å². The third-order valence-corrected chi connectivity index (χ3v) is 4.11. The van der Waals surface area contributed by atoms with Crippen LogP contribution in [0.1, 0.15) is 23.2 Å². The van der Waals surface area contributed by atoms with Crippen LogP contribution in [0, 0.1) is 0 Å². The number of hydrogen-bond donors (Lipinski definition) is 4. The molecule has 0 bridgehead atoms. The monoisotopic (exact) mass is 338 g/mol. The molecule has 1 unspecified atom stereocenters. The first-order chi connectivity index (χ1) is 12.2. The molecule has 6 heteroatoms. The maximum absolute atomic E-state index is 12.1. The zero-order valence-electron chi connectivity index (χ0n) is 13.9. The first kappa shape index (κ1) is 17.0. The van der Waals surface area contributed by atoms with Crippen LogP contribution in [0.2, 0.25) is 0 Å². The molecule has 1 fully saturated rings. The average molecular weight is 338 g/mol. The van der Waals surface area contributed by atoms with Crippen molar-refractivity contribution in [2.45, 2.75) is 18.9 Å². The fourth-order valence-corrected chi connectivity index (χ4v) is 2.77. The summed E-state index contributed by atoms with van der Waals surface area (Å²) in [6.07, 6.45) is 2.26. The molecule has 0 aliphatic carbocycles. The predicted octanol–water partition coefficient (Wildman–Crippen LogP) is 2.81. The molecule has 25 heavy (non-hydrogen) atoms. The first-order valence-electron chi connectivity index (χ1n) is 8.45. The maximum Gasteiger partial charge on any atom is 0.323 e. The molecular weight excluding hydrogens is 316 g/mol. The van der Waals surface area contributed by atoms with Crippen molar-refractivity contribution in [2.24, 2.45) is 0 Å². The summed E-state index contributed by atoms with van der Waals surface area (Å²) in [7, 11) is 0. The zero-order valence-corrected chi connectivity index (χ0v) is 13.9. The molecule has 1 atom stereocenters. The third-order valence-electron chi connectivity index (χ3n) is 4.11. The van der Waals surface area contributed by atoms with Gasteiger partial charge < -0.3 is 21.3 Å². The van der Waals surface area contributed by atoms with E-state index in [1.54, 1.807) is 24.3 Å². The molecule has 3 rings (SSSR count). The SMILES string of the molecule is O=C(Nc1ccccc1)Nc1ccc(C(=O)NCC2CCCN2)cc1. The van der Waals surface area contributed by atoms with Crippen LogP contribution in [0.15, 0.2) is 54.6 Å². The Morgan fingerprint density at radius 2 is 1.64 bits per heavy atom. The van der Waals surface area contributed by atoms with Gasteiger partial charge in [0.05, 0.1) is 0 Å². The van der Waals surface area contributed by atoms with Crippen molar-refractivity contribution in [1.29, 1.82) is 0 Å². The highest BCUT2D eigenvalue weighted by molar-refractivity contribution is 6.00. The van der Waals surface area contributed by atoms with Crippen LogP contribution in [-0.2, 0) is 0 Å². The molecular formula is C19H22N4O2. The molecule has 1 aliphatic heterocycles. The van der Waals surface area contributed by atoms with E-state index in [4.69, 9.17) is 0 Å². The van der Waals surface area contributed by atoms with Gasteiger partial charge in [0, 0.05) is 29.5 Å². The molecule has 0 saturated carbocycles. The van der Waals surface area contributed by atoms with Gasteiger partial charge in [-0.05, 0) is 55.8 Å². The van der Waals surface area contributed by atoms with E-state index < -0.39 is 0 Å². The average Bonchev–Trinajstić information content (AvgIpc) is 3.14. The molecule has 1 saturated heterocycles. The van der Waals surface area contributed by atoms with E-state index in [1.807, 2.05) is 30.3 Å². The Bertz CT molecular complexity index is 710. The lowest BCUT2D eigenvalue weighted by molar-refractivity contribution is 0.0950. The Morgan fingerprint density at radius 3 is 2.28 bits per heavy atom. The normalized spacial score (nSPS) is 16.2. The van der Waals surface area contributed by atoms with Crippen LogP contribution in [0.25, 0.3) is 0 Å².